The Morgan fingerprint density at radius 3 is 2.35 bits per heavy atom. The van der Waals surface area contributed by atoms with E-state index >= 15 is 0 Å². The van der Waals surface area contributed by atoms with Gasteiger partial charge in [-0.25, -0.2) is 0 Å². The van der Waals surface area contributed by atoms with Crippen LogP contribution in [0.2, 0.25) is 0 Å². The molecule has 1 heterocycles. The third kappa shape index (κ3) is 3.34. The number of carbonyl (C=O) groups excluding carboxylic acids is 1. The molecule has 0 aromatic heterocycles. The monoisotopic (exact) mass is 355 g/mol. The van der Waals surface area contributed by atoms with Crippen molar-refractivity contribution in [2.45, 2.75) is 32.7 Å². The summed E-state index contributed by atoms with van der Waals surface area (Å²) in [6.07, 6.45) is 0.742. The maximum absolute atomic E-state index is 13.0. The summed E-state index contributed by atoms with van der Waals surface area (Å²) in [5.74, 6) is 1.53. The fourth-order valence-electron chi connectivity index (χ4n) is 3.31. The molecule has 0 fully saturated rings. The van der Waals surface area contributed by atoms with Crippen LogP contribution in [0.3, 0.4) is 0 Å². The molecule has 1 aliphatic heterocycles. The van der Waals surface area contributed by atoms with E-state index in [4.69, 9.17) is 9.47 Å². The molecule has 138 valence electrons. The zero-order chi connectivity index (χ0) is 18.8. The van der Waals surface area contributed by atoms with Gasteiger partial charge < -0.3 is 19.5 Å². The second-order valence-corrected chi connectivity index (χ2v) is 6.88. The summed E-state index contributed by atoms with van der Waals surface area (Å²) in [5.41, 5.74) is 3.60. The maximum atomic E-state index is 13.0. The molecule has 5 nitrogen and oxygen atoms in total. The highest BCUT2D eigenvalue weighted by Crippen LogP contribution is 2.34. The lowest BCUT2D eigenvalue weighted by molar-refractivity contribution is 0.0731. The lowest BCUT2D eigenvalue weighted by Gasteiger charge is -2.30. The van der Waals surface area contributed by atoms with Crippen LogP contribution in [0, 0.1) is 0 Å². The highest BCUT2D eigenvalue weighted by molar-refractivity contribution is 5.97. The van der Waals surface area contributed by atoms with Crippen LogP contribution in [0.5, 0.6) is 17.2 Å². The number of hydrogen-bond acceptors (Lipinski definition) is 4. The summed E-state index contributed by atoms with van der Waals surface area (Å²) in [6.45, 7) is 5.22. The number of ether oxygens (including phenoxy) is 2. The van der Waals surface area contributed by atoms with Gasteiger partial charge in [-0.05, 0) is 53.3 Å². The predicted octanol–water partition coefficient (Wildman–Crippen LogP) is 3.73. The van der Waals surface area contributed by atoms with Crippen LogP contribution in [0.1, 0.15) is 46.8 Å². The lowest BCUT2D eigenvalue weighted by Crippen LogP contribution is -2.36. The maximum Gasteiger partial charge on any atom is 0.257 e. The zero-order valence-electron chi connectivity index (χ0n) is 15.7. The largest absolute Gasteiger partial charge is 0.507 e. The third-order valence-electron chi connectivity index (χ3n) is 4.92. The summed E-state index contributed by atoms with van der Waals surface area (Å²) in [4.78, 5) is 14.8. The minimum Gasteiger partial charge on any atom is -0.507 e. The number of phenols is 1. The number of phenolic OH excluding ortho intramolecular Hbond substituents is 1. The van der Waals surface area contributed by atoms with Gasteiger partial charge in [0, 0.05) is 13.1 Å². The first kappa shape index (κ1) is 18.1. The van der Waals surface area contributed by atoms with Crippen LogP contribution in [0.15, 0.2) is 30.3 Å². The Bertz CT molecular complexity index is 829. The van der Waals surface area contributed by atoms with Crippen LogP contribution in [0.25, 0.3) is 0 Å². The molecule has 5 heteroatoms. The molecular formula is C21H25NO4. The number of methoxy groups -OCH3 is 2. The minimum absolute atomic E-state index is 0.0255. The third-order valence-corrected chi connectivity index (χ3v) is 4.92. The van der Waals surface area contributed by atoms with E-state index in [1.54, 1.807) is 31.3 Å². The van der Waals surface area contributed by atoms with E-state index in [0.29, 0.717) is 36.1 Å². The van der Waals surface area contributed by atoms with E-state index in [0.717, 1.165) is 23.1 Å². The van der Waals surface area contributed by atoms with Crippen molar-refractivity contribution >= 4 is 5.91 Å². The Morgan fingerprint density at radius 1 is 1.08 bits per heavy atom. The normalized spacial score (nSPS) is 13.5. The molecule has 1 aliphatic rings. The van der Waals surface area contributed by atoms with E-state index in [9.17, 15) is 9.90 Å². The minimum atomic E-state index is -0.148. The van der Waals surface area contributed by atoms with Crippen molar-refractivity contribution in [3.05, 3.63) is 52.6 Å². The molecule has 2 aromatic carbocycles. The van der Waals surface area contributed by atoms with Crippen molar-refractivity contribution in [3.63, 3.8) is 0 Å². The molecule has 0 bridgehead atoms. The average molecular weight is 355 g/mol. The fourth-order valence-corrected chi connectivity index (χ4v) is 3.31. The Balaban J connectivity index is 1.89. The highest BCUT2D eigenvalue weighted by atomic mass is 16.5. The van der Waals surface area contributed by atoms with Crippen molar-refractivity contribution in [2.75, 3.05) is 20.8 Å². The van der Waals surface area contributed by atoms with Gasteiger partial charge in [0.15, 0.2) is 11.5 Å². The molecule has 0 atom stereocenters. The summed E-state index contributed by atoms with van der Waals surface area (Å²) in [7, 11) is 3.22. The van der Waals surface area contributed by atoms with Crippen molar-refractivity contribution in [1.82, 2.24) is 4.90 Å². The van der Waals surface area contributed by atoms with Gasteiger partial charge in [0.05, 0.1) is 19.8 Å². The summed E-state index contributed by atoms with van der Waals surface area (Å²) in [5, 5.41) is 10.2. The Kier molecular flexibility index (Phi) is 5.07. The number of carbonyl (C=O) groups is 1. The van der Waals surface area contributed by atoms with Gasteiger partial charge in [-0.3, -0.25) is 4.79 Å². The van der Waals surface area contributed by atoms with Crippen molar-refractivity contribution in [2.24, 2.45) is 0 Å². The van der Waals surface area contributed by atoms with Crippen LogP contribution in [0.4, 0.5) is 0 Å². The first-order valence-corrected chi connectivity index (χ1v) is 8.80. The SMILES string of the molecule is COc1cc2c(cc1OC)CN(C(=O)c1cc(C(C)C)ccc1O)CC2. The molecule has 0 aliphatic carbocycles. The predicted molar refractivity (Wildman–Crippen MR) is 100 cm³/mol. The number of nitrogens with zero attached hydrogens (tertiary/aromatic N) is 1. The second kappa shape index (κ2) is 7.28. The number of benzene rings is 2. The smallest absolute Gasteiger partial charge is 0.257 e. The molecule has 0 radical (unpaired) electrons. The fraction of sp³-hybridized carbons (Fsp3) is 0.381. The molecule has 1 N–H and O–H groups in total. The Morgan fingerprint density at radius 2 is 1.73 bits per heavy atom. The summed E-state index contributed by atoms with van der Waals surface area (Å²) < 4.78 is 10.7. The van der Waals surface area contributed by atoms with Gasteiger partial charge >= 0.3 is 0 Å². The summed E-state index contributed by atoms with van der Waals surface area (Å²) in [6, 6.07) is 9.17. The van der Waals surface area contributed by atoms with E-state index in [-0.39, 0.29) is 11.7 Å². The zero-order valence-corrected chi connectivity index (χ0v) is 15.7. The summed E-state index contributed by atoms with van der Waals surface area (Å²) >= 11 is 0. The van der Waals surface area contributed by atoms with Crippen LogP contribution in [-0.4, -0.2) is 36.7 Å². The number of fused-ring (bicyclic) bond motifs is 1. The second-order valence-electron chi connectivity index (χ2n) is 6.88. The van der Waals surface area contributed by atoms with Gasteiger partial charge in [0.25, 0.3) is 5.91 Å². The van der Waals surface area contributed by atoms with Gasteiger partial charge in [-0.15, -0.1) is 0 Å². The van der Waals surface area contributed by atoms with Crippen molar-refractivity contribution in [1.29, 1.82) is 0 Å². The number of rotatable bonds is 4. The van der Waals surface area contributed by atoms with Crippen LogP contribution < -0.4 is 9.47 Å². The lowest BCUT2D eigenvalue weighted by atomic mass is 9.96. The molecule has 3 rings (SSSR count). The molecule has 2 aromatic rings. The first-order valence-electron chi connectivity index (χ1n) is 8.80. The van der Waals surface area contributed by atoms with Crippen molar-refractivity contribution in [3.8, 4) is 17.2 Å². The molecular weight excluding hydrogens is 330 g/mol. The standard InChI is InChI=1S/C21H25NO4/c1-13(2)14-5-6-18(23)17(9-14)21(24)22-8-7-15-10-19(25-3)20(26-4)11-16(15)12-22/h5-6,9-11,13,23H,7-8,12H2,1-4H3. The Labute approximate surface area is 154 Å². The number of aromatic hydroxyl groups is 1. The average Bonchev–Trinajstić information content (AvgIpc) is 2.65. The molecule has 1 amide bonds. The molecule has 0 saturated carbocycles. The van der Waals surface area contributed by atoms with E-state index in [2.05, 4.69) is 13.8 Å². The number of amides is 1. The molecule has 0 spiro atoms. The quantitative estimate of drug-likeness (QED) is 0.908. The topological polar surface area (TPSA) is 59.0 Å². The van der Waals surface area contributed by atoms with E-state index in [1.165, 1.54) is 0 Å². The van der Waals surface area contributed by atoms with E-state index in [1.807, 2.05) is 18.2 Å². The van der Waals surface area contributed by atoms with Gasteiger partial charge in [0.1, 0.15) is 5.75 Å². The number of hydrogen-bond donors (Lipinski definition) is 1. The molecule has 26 heavy (non-hydrogen) atoms. The van der Waals surface area contributed by atoms with Gasteiger partial charge in [-0.2, -0.15) is 0 Å². The first-order chi connectivity index (χ1) is 12.4. The van der Waals surface area contributed by atoms with Crippen LogP contribution >= 0.6 is 0 Å². The van der Waals surface area contributed by atoms with Gasteiger partial charge in [0.2, 0.25) is 0 Å². The van der Waals surface area contributed by atoms with Crippen molar-refractivity contribution < 1.29 is 19.4 Å². The van der Waals surface area contributed by atoms with Gasteiger partial charge in [-0.1, -0.05) is 19.9 Å². The highest BCUT2D eigenvalue weighted by Gasteiger charge is 2.25. The molecule has 0 saturated heterocycles. The van der Waals surface area contributed by atoms with E-state index < -0.39 is 0 Å². The molecule has 0 unspecified atom stereocenters. The van der Waals surface area contributed by atoms with Crippen LogP contribution in [-0.2, 0) is 13.0 Å². The Hall–Kier alpha value is -2.69.